The topological polar surface area (TPSA) is 21.3 Å². The van der Waals surface area contributed by atoms with Gasteiger partial charge >= 0.3 is 0 Å². The van der Waals surface area contributed by atoms with E-state index < -0.39 is 0 Å². The zero-order chi connectivity index (χ0) is 11.5. The number of hydrogen-bond donors (Lipinski definition) is 1. The van der Waals surface area contributed by atoms with Gasteiger partial charge in [0.25, 0.3) is 0 Å². The van der Waals surface area contributed by atoms with Crippen LogP contribution in [-0.2, 0) is 12.8 Å². The molecule has 3 rings (SSSR count). The Balaban J connectivity index is 0.00000120. The quantitative estimate of drug-likeness (QED) is 0.909. The van der Waals surface area contributed by atoms with Crippen molar-refractivity contribution < 1.29 is 4.74 Å². The van der Waals surface area contributed by atoms with Crippen molar-refractivity contribution in [1.29, 1.82) is 0 Å². The second-order valence-electron chi connectivity index (χ2n) is 5.21. The lowest BCUT2D eigenvalue weighted by molar-refractivity contribution is 0.237. The third-order valence-corrected chi connectivity index (χ3v) is 3.96. The molecular formula is C15H22ClNO. The molecule has 18 heavy (non-hydrogen) atoms. The Bertz CT molecular complexity index is 388. The second kappa shape index (κ2) is 6.44. The molecule has 0 amide bonds. The van der Waals surface area contributed by atoms with Gasteiger partial charge in [-0.25, -0.2) is 0 Å². The minimum atomic E-state index is 0. The van der Waals surface area contributed by atoms with Gasteiger partial charge < -0.3 is 10.1 Å². The summed E-state index contributed by atoms with van der Waals surface area (Å²) >= 11 is 0. The Kier molecular flexibility index (Phi) is 4.90. The first-order valence-corrected chi connectivity index (χ1v) is 6.90. The summed E-state index contributed by atoms with van der Waals surface area (Å²) in [7, 11) is 0. The van der Waals surface area contributed by atoms with E-state index in [0.29, 0.717) is 6.04 Å². The van der Waals surface area contributed by atoms with Crippen molar-refractivity contribution in [3.8, 4) is 5.75 Å². The number of aryl methyl sites for hydroxylation is 1. The number of rotatable bonds is 3. The SMILES string of the molecule is Cl.c1cc2c(c(OCC3CCCCN3)c1)CCC2. The van der Waals surface area contributed by atoms with Gasteiger partial charge in [0.1, 0.15) is 12.4 Å². The molecule has 0 saturated carbocycles. The molecule has 1 fully saturated rings. The van der Waals surface area contributed by atoms with E-state index in [-0.39, 0.29) is 12.4 Å². The highest BCUT2D eigenvalue weighted by molar-refractivity contribution is 5.85. The Morgan fingerprint density at radius 3 is 2.94 bits per heavy atom. The molecule has 1 atom stereocenters. The summed E-state index contributed by atoms with van der Waals surface area (Å²) in [6, 6.07) is 7.07. The molecule has 1 aliphatic heterocycles. The molecule has 1 unspecified atom stereocenters. The molecule has 2 nitrogen and oxygen atoms in total. The molecule has 1 aromatic carbocycles. The number of hydrogen-bond acceptors (Lipinski definition) is 2. The van der Waals surface area contributed by atoms with Crippen molar-refractivity contribution in [3.05, 3.63) is 29.3 Å². The fourth-order valence-corrected chi connectivity index (χ4v) is 2.98. The molecular weight excluding hydrogens is 246 g/mol. The summed E-state index contributed by atoms with van der Waals surface area (Å²) in [4.78, 5) is 0. The molecule has 0 bridgehead atoms. The molecule has 1 aromatic rings. The van der Waals surface area contributed by atoms with Crippen molar-refractivity contribution >= 4 is 12.4 Å². The highest BCUT2D eigenvalue weighted by Gasteiger charge is 2.17. The zero-order valence-corrected chi connectivity index (χ0v) is 11.6. The van der Waals surface area contributed by atoms with Crippen LogP contribution in [0.4, 0.5) is 0 Å². The largest absolute Gasteiger partial charge is 0.492 e. The van der Waals surface area contributed by atoms with Gasteiger partial charge in [-0.3, -0.25) is 0 Å². The van der Waals surface area contributed by atoms with Gasteiger partial charge in [-0.05, 0) is 55.8 Å². The molecule has 0 spiro atoms. The zero-order valence-electron chi connectivity index (χ0n) is 10.8. The van der Waals surface area contributed by atoms with E-state index in [1.54, 1.807) is 0 Å². The number of halogens is 1. The molecule has 1 heterocycles. The van der Waals surface area contributed by atoms with Gasteiger partial charge in [0.15, 0.2) is 0 Å². The maximum Gasteiger partial charge on any atom is 0.122 e. The molecule has 0 radical (unpaired) electrons. The van der Waals surface area contributed by atoms with Crippen molar-refractivity contribution in [2.75, 3.05) is 13.2 Å². The predicted octanol–water partition coefficient (Wildman–Crippen LogP) is 3.12. The van der Waals surface area contributed by atoms with Crippen molar-refractivity contribution in [2.24, 2.45) is 0 Å². The molecule has 1 N–H and O–H groups in total. The average Bonchev–Trinajstić information content (AvgIpc) is 2.86. The Morgan fingerprint density at radius 2 is 2.11 bits per heavy atom. The maximum atomic E-state index is 6.03. The Labute approximate surface area is 116 Å². The van der Waals surface area contributed by atoms with Crippen LogP contribution in [0.15, 0.2) is 18.2 Å². The summed E-state index contributed by atoms with van der Waals surface area (Å²) < 4.78 is 6.03. The molecule has 0 aromatic heterocycles. The van der Waals surface area contributed by atoms with Gasteiger partial charge in [0.05, 0.1) is 0 Å². The van der Waals surface area contributed by atoms with Crippen molar-refractivity contribution in [3.63, 3.8) is 0 Å². The lowest BCUT2D eigenvalue weighted by Crippen LogP contribution is -2.38. The summed E-state index contributed by atoms with van der Waals surface area (Å²) in [5.41, 5.74) is 2.96. The van der Waals surface area contributed by atoms with Gasteiger partial charge in [-0.2, -0.15) is 0 Å². The lowest BCUT2D eigenvalue weighted by atomic mass is 10.1. The summed E-state index contributed by atoms with van der Waals surface area (Å²) in [6.07, 6.45) is 7.63. The third-order valence-electron chi connectivity index (χ3n) is 3.96. The van der Waals surface area contributed by atoms with Crippen LogP contribution in [0.2, 0.25) is 0 Å². The highest BCUT2D eigenvalue weighted by Crippen LogP contribution is 2.30. The second-order valence-corrected chi connectivity index (χ2v) is 5.21. The molecule has 100 valence electrons. The van der Waals surface area contributed by atoms with E-state index in [0.717, 1.165) is 18.9 Å². The number of benzene rings is 1. The first-order valence-electron chi connectivity index (χ1n) is 6.90. The van der Waals surface area contributed by atoms with Crippen LogP contribution >= 0.6 is 12.4 Å². The summed E-state index contributed by atoms with van der Waals surface area (Å²) in [5, 5.41) is 3.53. The van der Waals surface area contributed by atoms with E-state index in [1.165, 1.54) is 49.7 Å². The van der Waals surface area contributed by atoms with E-state index in [9.17, 15) is 0 Å². The minimum Gasteiger partial charge on any atom is -0.492 e. The number of piperidine rings is 1. The number of nitrogens with one attached hydrogen (secondary N) is 1. The normalized spacial score (nSPS) is 22.1. The average molecular weight is 268 g/mol. The first kappa shape index (κ1) is 13.7. The van der Waals surface area contributed by atoms with Crippen LogP contribution in [0.1, 0.15) is 36.8 Å². The lowest BCUT2D eigenvalue weighted by Gasteiger charge is -2.24. The highest BCUT2D eigenvalue weighted by atomic mass is 35.5. The van der Waals surface area contributed by atoms with Crippen LogP contribution in [0.3, 0.4) is 0 Å². The molecule has 3 heteroatoms. The molecule has 1 aliphatic carbocycles. The Hall–Kier alpha value is -0.730. The summed E-state index contributed by atoms with van der Waals surface area (Å²) in [5.74, 6) is 1.13. The molecule has 1 saturated heterocycles. The fraction of sp³-hybridized carbons (Fsp3) is 0.600. The third kappa shape index (κ3) is 2.99. The molecule has 2 aliphatic rings. The van der Waals surface area contributed by atoms with Gasteiger partial charge in [-0.15, -0.1) is 12.4 Å². The van der Waals surface area contributed by atoms with Crippen LogP contribution < -0.4 is 10.1 Å². The van der Waals surface area contributed by atoms with Crippen molar-refractivity contribution in [2.45, 2.75) is 44.6 Å². The minimum absolute atomic E-state index is 0. The van der Waals surface area contributed by atoms with Crippen molar-refractivity contribution in [1.82, 2.24) is 5.32 Å². The Morgan fingerprint density at radius 1 is 1.17 bits per heavy atom. The smallest absolute Gasteiger partial charge is 0.122 e. The van der Waals surface area contributed by atoms with E-state index in [2.05, 4.69) is 23.5 Å². The first-order chi connectivity index (χ1) is 8.43. The fourth-order valence-electron chi connectivity index (χ4n) is 2.98. The number of fused-ring (bicyclic) bond motifs is 1. The standard InChI is InChI=1S/C15H21NO.ClH/c1-2-10-16-13(7-1)11-17-15-9-4-6-12-5-3-8-14(12)15;/h4,6,9,13,16H,1-3,5,7-8,10-11H2;1H. The van der Waals surface area contributed by atoms with Crippen LogP contribution in [0, 0.1) is 0 Å². The van der Waals surface area contributed by atoms with E-state index in [4.69, 9.17) is 4.74 Å². The maximum absolute atomic E-state index is 6.03. The van der Waals surface area contributed by atoms with Crippen LogP contribution in [0.5, 0.6) is 5.75 Å². The van der Waals surface area contributed by atoms with Gasteiger partial charge in [0.2, 0.25) is 0 Å². The number of ether oxygens (including phenoxy) is 1. The van der Waals surface area contributed by atoms with E-state index >= 15 is 0 Å². The monoisotopic (exact) mass is 267 g/mol. The van der Waals surface area contributed by atoms with Crippen LogP contribution in [0.25, 0.3) is 0 Å². The van der Waals surface area contributed by atoms with Crippen LogP contribution in [-0.4, -0.2) is 19.2 Å². The van der Waals surface area contributed by atoms with E-state index in [1.807, 2.05) is 0 Å². The predicted molar refractivity (Wildman–Crippen MR) is 76.9 cm³/mol. The van der Waals surface area contributed by atoms with Gasteiger partial charge in [-0.1, -0.05) is 18.6 Å². The summed E-state index contributed by atoms with van der Waals surface area (Å²) in [6.45, 7) is 1.98. The van der Waals surface area contributed by atoms with Gasteiger partial charge in [0, 0.05) is 6.04 Å².